The Labute approximate surface area is 154 Å². The van der Waals surface area contributed by atoms with Crippen LogP contribution in [-0.2, 0) is 11.3 Å². The van der Waals surface area contributed by atoms with Crippen LogP contribution in [0.5, 0.6) is 0 Å². The van der Waals surface area contributed by atoms with Gasteiger partial charge in [0.25, 0.3) is 5.56 Å². The van der Waals surface area contributed by atoms with E-state index in [1.54, 1.807) is 6.07 Å². The summed E-state index contributed by atoms with van der Waals surface area (Å²) in [6.45, 7) is 4.76. The molecule has 0 saturated heterocycles. The van der Waals surface area contributed by atoms with Gasteiger partial charge in [-0.05, 0) is 24.3 Å². The largest absolute Gasteiger partial charge is 0.353 e. The Morgan fingerprint density at radius 3 is 2.69 bits per heavy atom. The van der Waals surface area contributed by atoms with E-state index in [-0.39, 0.29) is 23.9 Å². The molecule has 1 aromatic carbocycles. The molecule has 1 heterocycles. The molecule has 2 aromatic rings. The predicted octanol–water partition coefficient (Wildman–Crippen LogP) is 3.24. The van der Waals surface area contributed by atoms with E-state index in [2.05, 4.69) is 24.3 Å². The van der Waals surface area contributed by atoms with Crippen molar-refractivity contribution in [3.8, 4) is 11.3 Å². The van der Waals surface area contributed by atoms with Gasteiger partial charge in [-0.2, -0.15) is 5.10 Å². The molecule has 1 aromatic heterocycles. The summed E-state index contributed by atoms with van der Waals surface area (Å²) < 4.78 is 1.38. The number of aromatic nitrogens is 2. The number of nitrogens with one attached hydrogen (secondary N) is 1. The van der Waals surface area contributed by atoms with Crippen LogP contribution in [0.4, 0.5) is 0 Å². The fourth-order valence-electron chi connectivity index (χ4n) is 3.64. The predicted molar refractivity (Wildman–Crippen MR) is 103 cm³/mol. The van der Waals surface area contributed by atoms with Crippen molar-refractivity contribution in [3.05, 3.63) is 52.8 Å². The average Bonchev–Trinajstić information content (AvgIpc) is 2.65. The van der Waals surface area contributed by atoms with E-state index in [0.717, 1.165) is 24.1 Å². The molecule has 3 atom stereocenters. The molecule has 0 bridgehead atoms. The summed E-state index contributed by atoms with van der Waals surface area (Å²) in [7, 11) is 0. The topological polar surface area (TPSA) is 64.0 Å². The van der Waals surface area contributed by atoms with Crippen LogP contribution >= 0.6 is 0 Å². The lowest BCUT2D eigenvalue weighted by molar-refractivity contribution is -0.122. The molecule has 0 radical (unpaired) electrons. The molecule has 1 saturated carbocycles. The van der Waals surface area contributed by atoms with Gasteiger partial charge < -0.3 is 5.32 Å². The summed E-state index contributed by atoms with van der Waals surface area (Å²) >= 11 is 0. The molecule has 1 fully saturated rings. The van der Waals surface area contributed by atoms with Gasteiger partial charge >= 0.3 is 0 Å². The van der Waals surface area contributed by atoms with Crippen LogP contribution in [0.3, 0.4) is 0 Å². The van der Waals surface area contributed by atoms with E-state index in [0.29, 0.717) is 18.4 Å². The molecule has 1 aliphatic carbocycles. The molecule has 26 heavy (non-hydrogen) atoms. The monoisotopic (exact) mass is 353 g/mol. The smallest absolute Gasteiger partial charge is 0.266 e. The minimum atomic E-state index is -0.183. The van der Waals surface area contributed by atoms with Crippen molar-refractivity contribution in [2.45, 2.75) is 52.1 Å². The van der Waals surface area contributed by atoms with Gasteiger partial charge in [-0.25, -0.2) is 4.68 Å². The SMILES string of the molecule is C[C@@H]1[C@H](C)CCC[C@@H]1NC(=O)CCn1nc(-c2ccccc2)ccc1=O. The van der Waals surface area contributed by atoms with Crippen LogP contribution in [0, 0.1) is 11.8 Å². The highest BCUT2D eigenvalue weighted by Gasteiger charge is 2.27. The number of carbonyl (C=O) groups is 1. The zero-order valence-electron chi connectivity index (χ0n) is 15.5. The van der Waals surface area contributed by atoms with Crippen LogP contribution in [0.25, 0.3) is 11.3 Å². The number of benzene rings is 1. The molecule has 0 aliphatic heterocycles. The molecule has 5 heteroatoms. The quantitative estimate of drug-likeness (QED) is 0.897. The summed E-state index contributed by atoms with van der Waals surface area (Å²) in [4.78, 5) is 24.4. The molecule has 1 aliphatic rings. The summed E-state index contributed by atoms with van der Waals surface area (Å²) in [5, 5.41) is 7.57. The first-order valence-electron chi connectivity index (χ1n) is 9.47. The van der Waals surface area contributed by atoms with Crippen LogP contribution in [0.1, 0.15) is 39.5 Å². The molecule has 0 unspecified atom stereocenters. The Bertz CT molecular complexity index is 800. The van der Waals surface area contributed by atoms with Crippen molar-refractivity contribution >= 4 is 5.91 Å². The number of nitrogens with zero attached hydrogens (tertiary/aromatic N) is 2. The maximum absolute atomic E-state index is 12.3. The van der Waals surface area contributed by atoms with Gasteiger partial charge in [-0.1, -0.05) is 57.0 Å². The van der Waals surface area contributed by atoms with E-state index in [1.807, 2.05) is 30.3 Å². The molecule has 138 valence electrons. The Morgan fingerprint density at radius 2 is 1.92 bits per heavy atom. The highest BCUT2D eigenvalue weighted by atomic mass is 16.2. The molecule has 5 nitrogen and oxygen atoms in total. The molecular weight excluding hydrogens is 326 g/mol. The third kappa shape index (κ3) is 4.40. The van der Waals surface area contributed by atoms with Gasteiger partial charge in [0, 0.05) is 24.1 Å². The van der Waals surface area contributed by atoms with Gasteiger partial charge in [0.05, 0.1) is 12.2 Å². The number of amides is 1. The maximum atomic E-state index is 12.3. The normalized spacial score (nSPS) is 22.8. The standard InChI is InChI=1S/C21H27N3O2/c1-15-7-6-10-18(16(15)2)22-20(25)13-14-24-21(26)12-11-19(23-24)17-8-4-3-5-9-17/h3-5,8-9,11-12,15-16,18H,6-7,10,13-14H2,1-2H3,(H,22,25)/t15-,16-,18+/m1/s1. The molecule has 3 rings (SSSR count). The summed E-state index contributed by atoms with van der Waals surface area (Å²) in [5.41, 5.74) is 1.51. The lowest BCUT2D eigenvalue weighted by Gasteiger charge is -2.34. The first-order chi connectivity index (χ1) is 12.5. The van der Waals surface area contributed by atoms with E-state index >= 15 is 0 Å². The lowest BCUT2D eigenvalue weighted by atomic mass is 9.78. The Hall–Kier alpha value is -2.43. The second kappa shape index (κ2) is 8.30. The second-order valence-electron chi connectivity index (χ2n) is 7.34. The molecule has 1 amide bonds. The van der Waals surface area contributed by atoms with Crippen LogP contribution < -0.4 is 10.9 Å². The molecule has 0 spiro atoms. The fraction of sp³-hybridized carbons (Fsp3) is 0.476. The van der Waals surface area contributed by atoms with Crippen molar-refractivity contribution in [1.82, 2.24) is 15.1 Å². The van der Waals surface area contributed by atoms with Crippen molar-refractivity contribution in [1.29, 1.82) is 0 Å². The number of hydrogen-bond donors (Lipinski definition) is 1. The first kappa shape index (κ1) is 18.4. The Morgan fingerprint density at radius 1 is 1.15 bits per heavy atom. The number of rotatable bonds is 5. The zero-order chi connectivity index (χ0) is 18.5. The van der Waals surface area contributed by atoms with E-state index < -0.39 is 0 Å². The maximum Gasteiger partial charge on any atom is 0.266 e. The third-order valence-electron chi connectivity index (χ3n) is 5.54. The highest BCUT2D eigenvalue weighted by molar-refractivity contribution is 5.76. The van der Waals surface area contributed by atoms with Gasteiger partial charge in [0.1, 0.15) is 0 Å². The molecule has 1 N–H and O–H groups in total. The fourth-order valence-corrected chi connectivity index (χ4v) is 3.64. The van der Waals surface area contributed by atoms with Gasteiger partial charge in [0.2, 0.25) is 5.91 Å². The second-order valence-corrected chi connectivity index (χ2v) is 7.34. The molecular formula is C21H27N3O2. The van der Waals surface area contributed by atoms with E-state index in [1.165, 1.54) is 17.2 Å². The van der Waals surface area contributed by atoms with Crippen molar-refractivity contribution < 1.29 is 4.79 Å². The number of aryl methyl sites for hydroxylation is 1. The lowest BCUT2D eigenvalue weighted by Crippen LogP contribution is -2.44. The van der Waals surface area contributed by atoms with Crippen molar-refractivity contribution in [3.63, 3.8) is 0 Å². The summed E-state index contributed by atoms with van der Waals surface area (Å²) in [6, 6.07) is 13.2. The minimum Gasteiger partial charge on any atom is -0.353 e. The zero-order valence-corrected chi connectivity index (χ0v) is 15.5. The van der Waals surface area contributed by atoms with Crippen LogP contribution in [0.15, 0.2) is 47.3 Å². The number of hydrogen-bond acceptors (Lipinski definition) is 3. The Balaban J connectivity index is 1.62. The number of carbonyl (C=O) groups excluding carboxylic acids is 1. The average molecular weight is 353 g/mol. The summed E-state index contributed by atoms with van der Waals surface area (Å²) in [6.07, 6.45) is 3.71. The first-order valence-corrected chi connectivity index (χ1v) is 9.47. The van der Waals surface area contributed by atoms with E-state index in [4.69, 9.17) is 0 Å². The van der Waals surface area contributed by atoms with Crippen molar-refractivity contribution in [2.24, 2.45) is 11.8 Å². The highest BCUT2D eigenvalue weighted by Crippen LogP contribution is 2.29. The van der Waals surface area contributed by atoms with E-state index in [9.17, 15) is 9.59 Å². The third-order valence-corrected chi connectivity index (χ3v) is 5.54. The minimum absolute atomic E-state index is 0.00485. The van der Waals surface area contributed by atoms with Gasteiger partial charge in [0.15, 0.2) is 0 Å². The van der Waals surface area contributed by atoms with Gasteiger partial charge in [-0.15, -0.1) is 0 Å². The van der Waals surface area contributed by atoms with Gasteiger partial charge in [-0.3, -0.25) is 9.59 Å². The van der Waals surface area contributed by atoms with Crippen LogP contribution in [0.2, 0.25) is 0 Å². The summed E-state index contributed by atoms with van der Waals surface area (Å²) in [5.74, 6) is 1.13. The Kier molecular flexibility index (Phi) is 5.86. The van der Waals surface area contributed by atoms with Crippen LogP contribution in [-0.4, -0.2) is 21.7 Å². The van der Waals surface area contributed by atoms with Crippen molar-refractivity contribution in [2.75, 3.05) is 0 Å².